The third-order valence-corrected chi connectivity index (χ3v) is 4.51. The number of piperazine rings is 1. The largest absolute Gasteiger partial charge is 0.368 e. The number of carbonyl (C=O) groups excluding carboxylic acids is 1. The molecule has 6 heteroatoms. The second-order valence-corrected chi connectivity index (χ2v) is 6.33. The van der Waals surface area contributed by atoms with Gasteiger partial charge in [0.1, 0.15) is 0 Å². The van der Waals surface area contributed by atoms with Gasteiger partial charge in [0.15, 0.2) is 0 Å². The zero-order valence-corrected chi connectivity index (χ0v) is 14.7. The van der Waals surface area contributed by atoms with Crippen molar-refractivity contribution in [2.45, 2.75) is 6.92 Å². The number of hydrogen-bond acceptors (Lipinski definition) is 4. The molecule has 2 aromatic rings. The average molecular weight is 351 g/mol. The standard InChI is InChI=1S/C20H21N3O3/c1-16-2-4-17(5-3-16)6-11-20(24)22-14-12-21(13-15-22)18-7-9-19(10-8-18)23(25)26/h2-11H,12-15H2,1H3/b11-6+. The lowest BCUT2D eigenvalue weighted by Gasteiger charge is -2.35. The summed E-state index contributed by atoms with van der Waals surface area (Å²) < 4.78 is 0. The van der Waals surface area contributed by atoms with Crippen molar-refractivity contribution >= 4 is 23.4 Å². The second kappa shape index (κ2) is 7.82. The van der Waals surface area contributed by atoms with Gasteiger partial charge in [-0.1, -0.05) is 29.8 Å². The summed E-state index contributed by atoms with van der Waals surface area (Å²) in [6.07, 6.45) is 3.46. The van der Waals surface area contributed by atoms with Crippen LogP contribution in [0.15, 0.2) is 54.6 Å². The van der Waals surface area contributed by atoms with Crippen LogP contribution in [0.5, 0.6) is 0 Å². The van der Waals surface area contributed by atoms with Gasteiger partial charge in [-0.25, -0.2) is 0 Å². The van der Waals surface area contributed by atoms with Gasteiger partial charge >= 0.3 is 0 Å². The minimum absolute atomic E-state index is 0.00826. The van der Waals surface area contributed by atoms with Crippen molar-refractivity contribution in [1.29, 1.82) is 0 Å². The van der Waals surface area contributed by atoms with E-state index in [0.717, 1.165) is 11.3 Å². The maximum absolute atomic E-state index is 12.3. The summed E-state index contributed by atoms with van der Waals surface area (Å²) in [6, 6.07) is 14.6. The highest BCUT2D eigenvalue weighted by atomic mass is 16.6. The summed E-state index contributed by atoms with van der Waals surface area (Å²) in [7, 11) is 0. The molecule has 1 aliphatic heterocycles. The zero-order chi connectivity index (χ0) is 18.5. The number of aryl methyl sites for hydroxylation is 1. The fraction of sp³-hybridized carbons (Fsp3) is 0.250. The Morgan fingerprint density at radius 1 is 1.00 bits per heavy atom. The van der Waals surface area contributed by atoms with E-state index < -0.39 is 4.92 Å². The number of benzene rings is 2. The van der Waals surface area contributed by atoms with Crippen LogP contribution in [0.1, 0.15) is 11.1 Å². The number of nitro groups is 1. The minimum atomic E-state index is -0.402. The van der Waals surface area contributed by atoms with E-state index in [1.165, 1.54) is 17.7 Å². The number of non-ortho nitro benzene ring substituents is 1. The lowest BCUT2D eigenvalue weighted by Crippen LogP contribution is -2.48. The minimum Gasteiger partial charge on any atom is -0.368 e. The molecular weight excluding hydrogens is 330 g/mol. The number of anilines is 1. The fourth-order valence-corrected chi connectivity index (χ4v) is 2.92. The third kappa shape index (κ3) is 4.27. The first kappa shape index (κ1) is 17.7. The molecule has 26 heavy (non-hydrogen) atoms. The van der Waals surface area contributed by atoms with Crippen LogP contribution in [0.25, 0.3) is 6.08 Å². The molecule has 0 aliphatic carbocycles. The SMILES string of the molecule is Cc1ccc(/C=C/C(=O)N2CCN(c3ccc([N+](=O)[O-])cc3)CC2)cc1. The van der Waals surface area contributed by atoms with Crippen molar-refractivity contribution in [1.82, 2.24) is 4.90 Å². The van der Waals surface area contributed by atoms with Crippen LogP contribution in [0.2, 0.25) is 0 Å². The van der Waals surface area contributed by atoms with Crippen LogP contribution in [0.4, 0.5) is 11.4 Å². The van der Waals surface area contributed by atoms with E-state index >= 15 is 0 Å². The Balaban J connectivity index is 1.55. The molecule has 0 saturated carbocycles. The van der Waals surface area contributed by atoms with Gasteiger partial charge in [0.25, 0.3) is 5.69 Å². The van der Waals surface area contributed by atoms with E-state index in [0.29, 0.717) is 26.2 Å². The van der Waals surface area contributed by atoms with Gasteiger partial charge in [-0.15, -0.1) is 0 Å². The molecule has 134 valence electrons. The van der Waals surface area contributed by atoms with Crippen molar-refractivity contribution < 1.29 is 9.72 Å². The summed E-state index contributed by atoms with van der Waals surface area (Å²) in [5, 5.41) is 10.7. The first-order valence-corrected chi connectivity index (χ1v) is 8.56. The van der Waals surface area contributed by atoms with Crippen molar-refractivity contribution in [2.24, 2.45) is 0 Å². The smallest absolute Gasteiger partial charge is 0.269 e. The van der Waals surface area contributed by atoms with Gasteiger partial charge in [-0.2, -0.15) is 0 Å². The normalized spacial score (nSPS) is 14.7. The Labute approximate surface area is 152 Å². The predicted molar refractivity (Wildman–Crippen MR) is 102 cm³/mol. The van der Waals surface area contributed by atoms with E-state index in [4.69, 9.17) is 0 Å². The quantitative estimate of drug-likeness (QED) is 0.482. The maximum atomic E-state index is 12.3. The van der Waals surface area contributed by atoms with Crippen LogP contribution in [-0.4, -0.2) is 41.9 Å². The monoisotopic (exact) mass is 351 g/mol. The molecule has 1 amide bonds. The topological polar surface area (TPSA) is 66.7 Å². The Hall–Kier alpha value is -3.15. The molecule has 0 aromatic heterocycles. The summed E-state index contributed by atoms with van der Waals surface area (Å²) in [4.78, 5) is 26.6. The lowest BCUT2D eigenvalue weighted by molar-refractivity contribution is -0.384. The molecule has 0 unspecified atom stereocenters. The van der Waals surface area contributed by atoms with E-state index in [1.807, 2.05) is 42.2 Å². The summed E-state index contributed by atoms with van der Waals surface area (Å²) >= 11 is 0. The molecule has 1 saturated heterocycles. The maximum Gasteiger partial charge on any atom is 0.269 e. The van der Waals surface area contributed by atoms with Crippen molar-refractivity contribution in [2.75, 3.05) is 31.1 Å². The van der Waals surface area contributed by atoms with E-state index in [-0.39, 0.29) is 11.6 Å². The summed E-state index contributed by atoms with van der Waals surface area (Å²) in [5.41, 5.74) is 3.23. The molecule has 0 atom stereocenters. The highest BCUT2D eigenvalue weighted by Gasteiger charge is 2.20. The van der Waals surface area contributed by atoms with Crippen LogP contribution in [0.3, 0.4) is 0 Å². The number of carbonyl (C=O) groups is 1. The van der Waals surface area contributed by atoms with E-state index in [2.05, 4.69) is 4.90 Å². The van der Waals surface area contributed by atoms with Crippen molar-refractivity contribution in [3.05, 3.63) is 75.8 Å². The Kier molecular flexibility index (Phi) is 5.31. The Bertz CT molecular complexity index is 805. The Morgan fingerprint density at radius 2 is 1.62 bits per heavy atom. The average Bonchev–Trinajstić information content (AvgIpc) is 2.67. The van der Waals surface area contributed by atoms with Crippen LogP contribution < -0.4 is 4.90 Å². The van der Waals surface area contributed by atoms with Crippen LogP contribution >= 0.6 is 0 Å². The molecule has 0 N–H and O–H groups in total. The van der Waals surface area contributed by atoms with Crippen LogP contribution in [-0.2, 0) is 4.79 Å². The van der Waals surface area contributed by atoms with Gasteiger partial charge in [0.05, 0.1) is 4.92 Å². The number of amides is 1. The number of nitrogens with zero attached hydrogens (tertiary/aromatic N) is 3. The predicted octanol–water partition coefficient (Wildman–Crippen LogP) is 3.27. The first-order chi connectivity index (χ1) is 12.5. The van der Waals surface area contributed by atoms with E-state index in [1.54, 1.807) is 18.2 Å². The van der Waals surface area contributed by atoms with Gasteiger partial charge in [-0.05, 0) is 30.7 Å². The Morgan fingerprint density at radius 3 is 2.19 bits per heavy atom. The molecule has 1 aliphatic rings. The molecule has 0 bridgehead atoms. The first-order valence-electron chi connectivity index (χ1n) is 8.56. The van der Waals surface area contributed by atoms with Gasteiger partial charge in [0, 0.05) is 50.1 Å². The van der Waals surface area contributed by atoms with Gasteiger partial charge in [0.2, 0.25) is 5.91 Å². The highest BCUT2D eigenvalue weighted by molar-refractivity contribution is 5.92. The molecule has 0 radical (unpaired) electrons. The third-order valence-electron chi connectivity index (χ3n) is 4.51. The molecule has 6 nitrogen and oxygen atoms in total. The molecule has 2 aromatic carbocycles. The second-order valence-electron chi connectivity index (χ2n) is 6.33. The van der Waals surface area contributed by atoms with Crippen molar-refractivity contribution in [3.63, 3.8) is 0 Å². The zero-order valence-electron chi connectivity index (χ0n) is 14.7. The lowest BCUT2D eigenvalue weighted by atomic mass is 10.1. The molecule has 1 heterocycles. The van der Waals surface area contributed by atoms with E-state index in [9.17, 15) is 14.9 Å². The van der Waals surface area contributed by atoms with Crippen LogP contribution in [0, 0.1) is 17.0 Å². The van der Waals surface area contributed by atoms with Gasteiger partial charge < -0.3 is 9.80 Å². The number of rotatable bonds is 4. The molecule has 0 spiro atoms. The molecule has 1 fully saturated rings. The fourth-order valence-electron chi connectivity index (χ4n) is 2.92. The number of hydrogen-bond donors (Lipinski definition) is 0. The van der Waals surface area contributed by atoms with Crippen molar-refractivity contribution in [3.8, 4) is 0 Å². The number of nitro benzene ring substituents is 1. The molecule has 3 rings (SSSR count). The van der Waals surface area contributed by atoms with Gasteiger partial charge in [-0.3, -0.25) is 14.9 Å². The summed E-state index contributed by atoms with van der Waals surface area (Å²) in [5.74, 6) is 0.00826. The summed E-state index contributed by atoms with van der Waals surface area (Å²) in [6.45, 7) is 4.72. The highest BCUT2D eigenvalue weighted by Crippen LogP contribution is 2.20. The molecular formula is C20H21N3O3.